The zero-order valence-electron chi connectivity index (χ0n) is 19.9. The molecule has 2 heterocycles. The third kappa shape index (κ3) is 5.80. The summed E-state index contributed by atoms with van der Waals surface area (Å²) in [6.45, 7) is 1.27. The van der Waals surface area contributed by atoms with E-state index in [-0.39, 0.29) is 36.5 Å². The summed E-state index contributed by atoms with van der Waals surface area (Å²) < 4.78 is 88.1. The molecule has 1 atom stereocenters. The number of alkyl halides is 3. The number of carbonyl (C=O) groups is 1. The number of nitrogens with zero attached hydrogens (tertiary/aromatic N) is 2. The lowest BCUT2D eigenvalue weighted by Gasteiger charge is -2.35. The summed E-state index contributed by atoms with van der Waals surface area (Å²) in [7, 11) is -4.52. The number of carboxylic acids is 1. The van der Waals surface area contributed by atoms with Crippen molar-refractivity contribution in [1.29, 1.82) is 0 Å². The predicted octanol–water partition coefficient (Wildman–Crippen LogP) is 5.54. The molecule has 0 radical (unpaired) electrons. The smallest absolute Gasteiger partial charge is 0.416 e. The molecular formula is C26H22F4N2O5S. The number of rotatable bonds is 7. The van der Waals surface area contributed by atoms with Crippen molar-refractivity contribution in [3.63, 3.8) is 0 Å². The average molecular weight is 551 g/mol. The van der Waals surface area contributed by atoms with E-state index in [4.69, 9.17) is 9.84 Å². The molecular weight excluding hydrogens is 528 g/mol. The fraction of sp³-hybridized carbons (Fsp3) is 0.231. The van der Waals surface area contributed by atoms with Gasteiger partial charge < -0.3 is 9.84 Å². The van der Waals surface area contributed by atoms with Crippen LogP contribution in [0.1, 0.15) is 35.2 Å². The van der Waals surface area contributed by atoms with Crippen molar-refractivity contribution in [1.82, 2.24) is 4.98 Å². The number of halogens is 4. The Labute approximate surface area is 216 Å². The lowest BCUT2D eigenvalue weighted by molar-refractivity contribution is -0.138. The maximum absolute atomic E-state index is 14.3. The molecule has 0 amide bonds. The molecule has 0 saturated heterocycles. The van der Waals surface area contributed by atoms with Crippen LogP contribution in [0.3, 0.4) is 0 Å². The highest BCUT2D eigenvalue weighted by Crippen LogP contribution is 2.40. The number of carboxylic acid groups (broad SMARTS) is 1. The highest BCUT2D eigenvalue weighted by atomic mass is 32.2. The van der Waals surface area contributed by atoms with Crippen molar-refractivity contribution < 1.29 is 40.6 Å². The first-order chi connectivity index (χ1) is 17.9. The molecule has 1 N–H and O–H groups in total. The van der Waals surface area contributed by atoms with Crippen molar-refractivity contribution in [2.24, 2.45) is 0 Å². The Morgan fingerprint density at radius 3 is 2.66 bits per heavy atom. The van der Waals surface area contributed by atoms with Crippen LogP contribution in [0.5, 0.6) is 5.75 Å². The van der Waals surface area contributed by atoms with Gasteiger partial charge in [0.05, 0.1) is 28.4 Å². The van der Waals surface area contributed by atoms with Crippen LogP contribution in [0.2, 0.25) is 0 Å². The van der Waals surface area contributed by atoms with E-state index in [1.54, 1.807) is 13.0 Å². The van der Waals surface area contributed by atoms with Crippen LogP contribution >= 0.6 is 0 Å². The number of pyridine rings is 1. The van der Waals surface area contributed by atoms with Crippen molar-refractivity contribution in [3.05, 3.63) is 82.9 Å². The highest BCUT2D eigenvalue weighted by Gasteiger charge is 2.37. The number of ether oxygens (including phenoxy) is 1. The molecule has 1 aromatic heterocycles. The highest BCUT2D eigenvalue weighted by molar-refractivity contribution is 7.92. The van der Waals surface area contributed by atoms with Gasteiger partial charge in [0.15, 0.2) is 5.82 Å². The maximum Gasteiger partial charge on any atom is 0.416 e. The molecule has 0 fully saturated rings. The molecule has 200 valence electrons. The van der Waals surface area contributed by atoms with E-state index in [9.17, 15) is 30.8 Å². The van der Waals surface area contributed by atoms with Gasteiger partial charge in [-0.3, -0.25) is 14.1 Å². The maximum atomic E-state index is 14.3. The molecule has 1 unspecified atom stereocenters. The van der Waals surface area contributed by atoms with Gasteiger partial charge in [0.2, 0.25) is 0 Å². The molecule has 3 aromatic rings. The van der Waals surface area contributed by atoms with E-state index in [1.165, 1.54) is 36.5 Å². The van der Waals surface area contributed by atoms with E-state index < -0.39 is 44.5 Å². The van der Waals surface area contributed by atoms with E-state index >= 15 is 0 Å². The lowest BCUT2D eigenvalue weighted by Crippen LogP contribution is -2.43. The summed E-state index contributed by atoms with van der Waals surface area (Å²) in [5, 5.41) is 9.04. The molecule has 7 nitrogen and oxygen atoms in total. The zero-order valence-corrected chi connectivity index (χ0v) is 20.8. The van der Waals surface area contributed by atoms with Crippen molar-refractivity contribution in [2.75, 3.05) is 10.8 Å². The Kier molecular flexibility index (Phi) is 7.45. The van der Waals surface area contributed by atoms with Crippen LogP contribution < -0.4 is 9.04 Å². The summed E-state index contributed by atoms with van der Waals surface area (Å²) in [6, 6.07) is 9.38. The van der Waals surface area contributed by atoms with Crippen LogP contribution in [0.15, 0.2) is 59.6 Å². The molecule has 1 aliphatic heterocycles. The topological polar surface area (TPSA) is 96.8 Å². The minimum atomic E-state index is -4.75. The first kappa shape index (κ1) is 27.1. The van der Waals surface area contributed by atoms with Crippen molar-refractivity contribution in [2.45, 2.75) is 36.9 Å². The number of sulfonamides is 1. The van der Waals surface area contributed by atoms with Gasteiger partial charge in [-0.2, -0.15) is 13.2 Å². The van der Waals surface area contributed by atoms with Crippen LogP contribution in [-0.2, 0) is 21.0 Å². The third-order valence-electron chi connectivity index (χ3n) is 5.89. The normalized spacial score (nSPS) is 15.8. The van der Waals surface area contributed by atoms with Crippen LogP contribution in [0, 0.1) is 12.7 Å². The molecule has 2 aromatic carbocycles. The zero-order chi connectivity index (χ0) is 27.7. The van der Waals surface area contributed by atoms with Crippen molar-refractivity contribution >= 4 is 33.8 Å². The number of hydrogen-bond acceptors (Lipinski definition) is 5. The molecule has 0 bridgehead atoms. The number of fused-ring (bicyclic) bond motifs is 1. The standard InChI is InChI=1S/C26H22F4N2O5S/c1-16-11-12-31-21(25(16)27)8-5-17-6-9-23-22(13-17)32(15-19(37-23)7-10-24(33)34)38(35,36)20-4-2-3-18(14-20)26(28,29)30/h2-6,8-9,11-14,19H,7,10,15H2,1H3,(H,33,34). The largest absolute Gasteiger partial charge is 0.486 e. The molecule has 0 spiro atoms. The SMILES string of the molecule is Cc1ccnc(C=Cc2ccc3c(c2)N(S(=O)(=O)c2cccc(C(F)(F)F)c2)CC(CCC(=O)O)O3)c1F. The number of aliphatic carboxylic acids is 1. The Morgan fingerprint density at radius 1 is 1.18 bits per heavy atom. The summed E-state index contributed by atoms with van der Waals surface area (Å²) in [4.78, 5) is 14.5. The van der Waals surface area contributed by atoms with Gasteiger partial charge in [-0.1, -0.05) is 18.2 Å². The Balaban J connectivity index is 1.76. The fourth-order valence-electron chi connectivity index (χ4n) is 3.91. The van der Waals surface area contributed by atoms with Crippen molar-refractivity contribution in [3.8, 4) is 5.75 Å². The molecule has 12 heteroatoms. The second-order valence-electron chi connectivity index (χ2n) is 8.62. The average Bonchev–Trinajstić information content (AvgIpc) is 2.87. The first-order valence-corrected chi connectivity index (χ1v) is 12.8. The van der Waals surface area contributed by atoms with Crippen LogP contribution in [0.4, 0.5) is 23.2 Å². The van der Waals surface area contributed by atoms with E-state index in [1.807, 2.05) is 0 Å². The number of aryl methyl sites for hydroxylation is 1. The van der Waals surface area contributed by atoms with E-state index in [0.29, 0.717) is 17.2 Å². The predicted molar refractivity (Wildman–Crippen MR) is 132 cm³/mol. The molecule has 0 aliphatic carbocycles. The third-order valence-corrected chi connectivity index (χ3v) is 7.66. The minimum absolute atomic E-state index is 0.0245. The van der Waals surface area contributed by atoms with Gasteiger partial charge in [0.25, 0.3) is 10.0 Å². The van der Waals surface area contributed by atoms with Gasteiger partial charge >= 0.3 is 12.1 Å². The summed E-state index contributed by atoms with van der Waals surface area (Å²) in [5.41, 5.74) is -0.165. The van der Waals surface area contributed by atoms with Crippen LogP contribution in [0.25, 0.3) is 12.2 Å². The second-order valence-corrected chi connectivity index (χ2v) is 10.5. The fourth-order valence-corrected chi connectivity index (χ4v) is 5.45. The summed E-state index contributed by atoms with van der Waals surface area (Å²) in [5.74, 6) is -1.51. The first-order valence-electron chi connectivity index (χ1n) is 11.4. The van der Waals surface area contributed by atoms with Gasteiger partial charge in [0.1, 0.15) is 11.9 Å². The molecule has 4 rings (SSSR count). The summed E-state index contributed by atoms with van der Waals surface area (Å²) >= 11 is 0. The Hall–Kier alpha value is -3.93. The molecule has 0 saturated carbocycles. The molecule has 1 aliphatic rings. The van der Waals surface area contributed by atoms with E-state index in [2.05, 4.69) is 4.98 Å². The van der Waals surface area contributed by atoms with Gasteiger partial charge in [0, 0.05) is 12.6 Å². The minimum Gasteiger partial charge on any atom is -0.486 e. The number of anilines is 1. The Morgan fingerprint density at radius 2 is 1.95 bits per heavy atom. The van der Waals surface area contributed by atoms with Crippen LogP contribution in [-0.4, -0.2) is 37.1 Å². The van der Waals surface area contributed by atoms with Gasteiger partial charge in [-0.05, 0) is 66.9 Å². The summed E-state index contributed by atoms with van der Waals surface area (Å²) in [6.07, 6.45) is -1.57. The van der Waals surface area contributed by atoms with Gasteiger partial charge in [-0.15, -0.1) is 0 Å². The molecule has 38 heavy (non-hydrogen) atoms. The van der Waals surface area contributed by atoms with Gasteiger partial charge in [-0.25, -0.2) is 12.8 Å². The monoisotopic (exact) mass is 550 g/mol. The quantitative estimate of drug-likeness (QED) is 0.388. The second kappa shape index (κ2) is 10.4. The van der Waals surface area contributed by atoms with E-state index in [0.717, 1.165) is 22.5 Å². The number of hydrogen-bond donors (Lipinski definition) is 1. The lowest BCUT2D eigenvalue weighted by atomic mass is 10.1. The number of aromatic nitrogens is 1. The number of benzene rings is 2. The Bertz CT molecular complexity index is 1510.